The minimum Gasteiger partial charge on any atom is -0.396 e. The smallest absolute Gasteiger partial charge is 0.353 e. The summed E-state index contributed by atoms with van der Waals surface area (Å²) in [6.45, 7) is 0.765. The van der Waals surface area contributed by atoms with Crippen molar-refractivity contribution in [3.8, 4) is 0 Å². The normalized spacial score (nSPS) is 10.3. The maximum atomic E-state index is 10.9. The van der Waals surface area contributed by atoms with Crippen LogP contribution >= 0.6 is 0 Å². The number of hydrogen-bond donors (Lipinski definition) is 2. The first kappa shape index (κ1) is 14.1. The molecule has 0 spiro atoms. The molecule has 0 saturated heterocycles. The predicted molar refractivity (Wildman–Crippen MR) is 67.3 cm³/mol. The van der Waals surface area contributed by atoms with Gasteiger partial charge in [0.15, 0.2) is 0 Å². The van der Waals surface area contributed by atoms with Crippen LogP contribution in [-0.2, 0) is 0 Å². The van der Waals surface area contributed by atoms with E-state index in [0.29, 0.717) is 6.54 Å². The summed E-state index contributed by atoms with van der Waals surface area (Å²) in [5, 5.41) is 19.6. The first-order valence-corrected chi connectivity index (χ1v) is 5.64. The van der Waals surface area contributed by atoms with Gasteiger partial charge in [-0.3, -0.25) is 10.1 Å². The van der Waals surface area contributed by atoms with Crippen molar-refractivity contribution < 1.29 is 10.0 Å². The number of nitro groups is 1. The second-order valence-corrected chi connectivity index (χ2v) is 3.89. The largest absolute Gasteiger partial charge is 0.396 e. The summed E-state index contributed by atoms with van der Waals surface area (Å²) in [6.07, 6.45) is 3.61. The van der Waals surface area contributed by atoms with Crippen molar-refractivity contribution in [1.82, 2.24) is 9.97 Å². The lowest BCUT2D eigenvalue weighted by Gasteiger charge is -2.17. The fraction of sp³-hybridized carbons (Fsp3) is 0.600. The molecule has 0 saturated carbocycles. The van der Waals surface area contributed by atoms with E-state index in [1.54, 1.807) is 11.9 Å². The Kier molecular flexibility index (Phi) is 5.25. The van der Waals surface area contributed by atoms with E-state index in [1.807, 2.05) is 0 Å². The minimum atomic E-state index is -0.575. The molecule has 1 aromatic heterocycles. The summed E-state index contributed by atoms with van der Waals surface area (Å²) >= 11 is 0. The minimum absolute atomic E-state index is 0.132. The second-order valence-electron chi connectivity index (χ2n) is 3.89. The van der Waals surface area contributed by atoms with Crippen molar-refractivity contribution in [2.24, 2.45) is 0 Å². The Balaban J connectivity index is 2.76. The van der Waals surface area contributed by atoms with Gasteiger partial charge >= 0.3 is 5.69 Å². The number of nitrogen functional groups attached to an aromatic ring is 1. The molecule has 0 fully saturated rings. The zero-order valence-corrected chi connectivity index (χ0v) is 10.2. The highest BCUT2D eigenvalue weighted by Crippen LogP contribution is 2.28. The molecule has 1 aromatic rings. The summed E-state index contributed by atoms with van der Waals surface area (Å²) in [7, 11) is 1.72. The Hall–Kier alpha value is -1.96. The lowest BCUT2D eigenvalue weighted by atomic mass is 10.2. The average Bonchev–Trinajstić information content (AvgIpc) is 2.33. The van der Waals surface area contributed by atoms with Crippen LogP contribution in [0.5, 0.6) is 0 Å². The van der Waals surface area contributed by atoms with Crippen LogP contribution in [0.15, 0.2) is 6.33 Å². The van der Waals surface area contributed by atoms with Gasteiger partial charge in [-0.25, -0.2) is 9.97 Å². The highest BCUT2D eigenvalue weighted by atomic mass is 16.6. The van der Waals surface area contributed by atoms with Crippen LogP contribution in [0.1, 0.15) is 19.3 Å². The number of nitrogens with two attached hydrogens (primary N) is 1. The van der Waals surface area contributed by atoms with Crippen molar-refractivity contribution in [1.29, 1.82) is 0 Å². The Morgan fingerprint density at radius 1 is 1.44 bits per heavy atom. The highest BCUT2D eigenvalue weighted by molar-refractivity contribution is 5.67. The van der Waals surface area contributed by atoms with Gasteiger partial charge < -0.3 is 15.7 Å². The third-order valence-electron chi connectivity index (χ3n) is 2.53. The maximum absolute atomic E-state index is 10.9. The Morgan fingerprint density at radius 2 is 2.17 bits per heavy atom. The first-order chi connectivity index (χ1) is 8.57. The SMILES string of the molecule is CN(CCCCCO)c1ncnc(N)c1[N+](=O)[O-]. The molecule has 0 aromatic carbocycles. The monoisotopic (exact) mass is 255 g/mol. The van der Waals surface area contributed by atoms with Gasteiger partial charge in [0.1, 0.15) is 6.33 Å². The van der Waals surface area contributed by atoms with E-state index in [9.17, 15) is 10.1 Å². The lowest BCUT2D eigenvalue weighted by molar-refractivity contribution is -0.383. The molecule has 0 bridgehead atoms. The molecule has 0 amide bonds. The van der Waals surface area contributed by atoms with Gasteiger partial charge in [0, 0.05) is 20.2 Å². The van der Waals surface area contributed by atoms with Crippen molar-refractivity contribution in [2.45, 2.75) is 19.3 Å². The lowest BCUT2D eigenvalue weighted by Crippen LogP contribution is -2.21. The van der Waals surface area contributed by atoms with E-state index < -0.39 is 4.92 Å². The molecule has 3 N–H and O–H groups in total. The number of unbranched alkanes of at least 4 members (excludes halogenated alkanes) is 2. The van der Waals surface area contributed by atoms with Crippen molar-refractivity contribution >= 4 is 17.3 Å². The number of rotatable bonds is 7. The van der Waals surface area contributed by atoms with E-state index in [2.05, 4.69) is 9.97 Å². The number of aliphatic hydroxyl groups is 1. The zero-order valence-electron chi connectivity index (χ0n) is 10.2. The summed E-state index contributed by atoms with van der Waals surface area (Å²) < 4.78 is 0. The van der Waals surface area contributed by atoms with E-state index in [1.165, 1.54) is 6.33 Å². The Bertz CT molecular complexity index is 412. The van der Waals surface area contributed by atoms with Crippen LogP contribution < -0.4 is 10.6 Å². The first-order valence-electron chi connectivity index (χ1n) is 5.64. The summed E-state index contributed by atoms with van der Waals surface area (Å²) in [6, 6.07) is 0. The number of aliphatic hydroxyl groups excluding tert-OH is 1. The molecule has 0 radical (unpaired) electrons. The van der Waals surface area contributed by atoms with Crippen LogP contribution in [0.4, 0.5) is 17.3 Å². The molecule has 0 aliphatic heterocycles. The zero-order chi connectivity index (χ0) is 13.5. The number of nitrogens with zero attached hydrogens (tertiary/aromatic N) is 4. The van der Waals surface area contributed by atoms with E-state index in [0.717, 1.165) is 19.3 Å². The molecule has 0 unspecified atom stereocenters. The van der Waals surface area contributed by atoms with Gasteiger partial charge in [-0.1, -0.05) is 0 Å². The highest BCUT2D eigenvalue weighted by Gasteiger charge is 2.23. The number of aromatic nitrogens is 2. The van der Waals surface area contributed by atoms with Gasteiger partial charge in [0.25, 0.3) is 0 Å². The maximum Gasteiger partial charge on any atom is 0.353 e. The van der Waals surface area contributed by atoms with Crippen molar-refractivity contribution in [2.75, 3.05) is 30.8 Å². The van der Waals surface area contributed by atoms with Crippen LogP contribution in [0.2, 0.25) is 0 Å². The van der Waals surface area contributed by atoms with E-state index in [4.69, 9.17) is 10.8 Å². The summed E-state index contributed by atoms with van der Waals surface area (Å²) in [5.41, 5.74) is 5.22. The standard InChI is InChI=1S/C10H17N5O3/c1-14(5-3-2-4-6-16)10-8(15(17)18)9(11)12-7-13-10/h7,16H,2-6H2,1H3,(H2,11,12,13). The molecule has 1 rings (SSSR count). The van der Waals surface area contributed by atoms with Gasteiger partial charge in [0.05, 0.1) is 4.92 Å². The van der Waals surface area contributed by atoms with Crippen molar-refractivity contribution in [3.63, 3.8) is 0 Å². The van der Waals surface area contributed by atoms with E-state index in [-0.39, 0.29) is 23.9 Å². The number of hydrogen-bond acceptors (Lipinski definition) is 7. The molecule has 8 heteroatoms. The molecular formula is C10H17N5O3. The fourth-order valence-electron chi connectivity index (χ4n) is 1.58. The molecule has 1 heterocycles. The quantitative estimate of drug-likeness (QED) is 0.415. The summed E-state index contributed by atoms with van der Waals surface area (Å²) in [5.74, 6) is 0.0868. The molecule has 18 heavy (non-hydrogen) atoms. The molecule has 0 aliphatic rings. The van der Waals surface area contributed by atoms with Crippen LogP contribution in [-0.4, -0.2) is 40.2 Å². The second kappa shape index (κ2) is 6.70. The molecule has 8 nitrogen and oxygen atoms in total. The molecular weight excluding hydrogens is 238 g/mol. The topological polar surface area (TPSA) is 118 Å². The van der Waals surface area contributed by atoms with Crippen LogP contribution in [0.25, 0.3) is 0 Å². The fourth-order valence-corrected chi connectivity index (χ4v) is 1.58. The molecule has 0 aliphatic carbocycles. The third-order valence-corrected chi connectivity index (χ3v) is 2.53. The predicted octanol–water partition coefficient (Wildman–Crippen LogP) is 0.566. The van der Waals surface area contributed by atoms with Gasteiger partial charge in [0.2, 0.25) is 11.6 Å². The van der Waals surface area contributed by atoms with Gasteiger partial charge in [-0.05, 0) is 19.3 Å². The van der Waals surface area contributed by atoms with Gasteiger partial charge in [-0.2, -0.15) is 0 Å². The van der Waals surface area contributed by atoms with Crippen LogP contribution in [0, 0.1) is 10.1 Å². The third kappa shape index (κ3) is 3.52. The Labute approximate surface area is 105 Å². The van der Waals surface area contributed by atoms with E-state index >= 15 is 0 Å². The number of anilines is 2. The molecule has 100 valence electrons. The Morgan fingerprint density at radius 3 is 2.78 bits per heavy atom. The molecule has 0 atom stereocenters. The van der Waals surface area contributed by atoms with Crippen LogP contribution in [0.3, 0.4) is 0 Å². The van der Waals surface area contributed by atoms with Gasteiger partial charge in [-0.15, -0.1) is 0 Å². The van der Waals surface area contributed by atoms with Crippen molar-refractivity contribution in [3.05, 3.63) is 16.4 Å². The summed E-state index contributed by atoms with van der Waals surface area (Å²) in [4.78, 5) is 19.5. The average molecular weight is 255 g/mol.